The molecular formula is C12H13ClN2O. The average Bonchev–Trinajstić information content (AvgIpc) is 2.90. The van der Waals surface area contributed by atoms with Gasteiger partial charge in [-0.25, -0.2) is 4.98 Å². The largest absolute Gasteiger partial charge is 0.381 e. The molecule has 2 aromatic heterocycles. The number of halogens is 1. The lowest BCUT2D eigenvalue weighted by Crippen LogP contribution is -2.07. The van der Waals surface area contributed by atoms with Crippen LogP contribution in [0, 0.1) is 5.92 Å². The van der Waals surface area contributed by atoms with Gasteiger partial charge in [-0.05, 0) is 24.5 Å². The molecule has 0 amide bonds. The molecule has 0 radical (unpaired) electrons. The standard InChI is InChI=1S/C12H13ClN2O/c13-11-3-1-2-10-7-14-12(15(10)11)6-9-4-5-16-8-9/h1-3,7,9H,4-6,8H2. The average molecular weight is 237 g/mol. The van der Waals surface area contributed by atoms with Crippen LogP contribution in [0.5, 0.6) is 0 Å². The Kier molecular flexibility index (Phi) is 2.58. The fourth-order valence-electron chi connectivity index (χ4n) is 2.22. The maximum absolute atomic E-state index is 6.18. The fraction of sp³-hybridized carbons (Fsp3) is 0.417. The Morgan fingerprint density at radius 2 is 2.44 bits per heavy atom. The van der Waals surface area contributed by atoms with Crippen molar-refractivity contribution in [2.45, 2.75) is 12.8 Å². The van der Waals surface area contributed by atoms with Crippen LogP contribution in [0.4, 0.5) is 0 Å². The van der Waals surface area contributed by atoms with E-state index in [2.05, 4.69) is 4.98 Å². The normalized spacial score (nSPS) is 20.7. The number of fused-ring (bicyclic) bond motifs is 1. The van der Waals surface area contributed by atoms with Crippen molar-refractivity contribution in [2.75, 3.05) is 13.2 Å². The number of ether oxygens (including phenoxy) is 1. The minimum Gasteiger partial charge on any atom is -0.381 e. The van der Waals surface area contributed by atoms with Crippen LogP contribution in [0.1, 0.15) is 12.2 Å². The number of rotatable bonds is 2. The van der Waals surface area contributed by atoms with Crippen molar-refractivity contribution >= 4 is 17.1 Å². The fourth-order valence-corrected chi connectivity index (χ4v) is 2.48. The first-order chi connectivity index (χ1) is 7.84. The van der Waals surface area contributed by atoms with Crippen LogP contribution in [0.2, 0.25) is 5.15 Å². The van der Waals surface area contributed by atoms with E-state index >= 15 is 0 Å². The predicted octanol–water partition coefficient (Wildman–Crippen LogP) is 2.57. The summed E-state index contributed by atoms with van der Waals surface area (Å²) in [6.07, 6.45) is 3.94. The lowest BCUT2D eigenvalue weighted by atomic mass is 10.1. The van der Waals surface area contributed by atoms with E-state index in [1.807, 2.05) is 28.8 Å². The number of hydrogen-bond donors (Lipinski definition) is 0. The van der Waals surface area contributed by atoms with Gasteiger partial charge in [-0.15, -0.1) is 0 Å². The summed E-state index contributed by atoms with van der Waals surface area (Å²) in [7, 11) is 0. The Hall–Kier alpha value is -1.06. The molecule has 4 heteroatoms. The molecule has 0 bridgehead atoms. The second-order valence-corrected chi connectivity index (χ2v) is 4.60. The van der Waals surface area contributed by atoms with Gasteiger partial charge in [0, 0.05) is 19.6 Å². The summed E-state index contributed by atoms with van der Waals surface area (Å²) < 4.78 is 7.39. The van der Waals surface area contributed by atoms with Crippen LogP contribution in [0.15, 0.2) is 24.4 Å². The molecule has 1 atom stereocenters. The first kappa shape index (κ1) is 10.1. The lowest BCUT2D eigenvalue weighted by molar-refractivity contribution is 0.185. The third-order valence-electron chi connectivity index (χ3n) is 3.07. The zero-order valence-electron chi connectivity index (χ0n) is 8.90. The zero-order valence-corrected chi connectivity index (χ0v) is 9.65. The van der Waals surface area contributed by atoms with Crippen molar-refractivity contribution in [3.8, 4) is 0 Å². The molecule has 1 aliphatic heterocycles. The first-order valence-corrected chi connectivity index (χ1v) is 5.91. The first-order valence-electron chi connectivity index (χ1n) is 5.53. The number of aromatic nitrogens is 2. The lowest BCUT2D eigenvalue weighted by Gasteiger charge is -2.07. The summed E-state index contributed by atoms with van der Waals surface area (Å²) in [5.41, 5.74) is 1.06. The molecule has 1 aliphatic rings. The van der Waals surface area contributed by atoms with Gasteiger partial charge >= 0.3 is 0 Å². The summed E-state index contributed by atoms with van der Waals surface area (Å²) >= 11 is 6.18. The SMILES string of the molecule is Clc1cccc2cnc(CC3CCOC3)n12. The molecule has 1 saturated heterocycles. The molecule has 0 spiro atoms. The van der Waals surface area contributed by atoms with Crippen molar-refractivity contribution in [2.24, 2.45) is 5.92 Å². The van der Waals surface area contributed by atoms with Crippen molar-refractivity contribution in [1.29, 1.82) is 0 Å². The molecule has 16 heavy (non-hydrogen) atoms. The third-order valence-corrected chi connectivity index (χ3v) is 3.37. The van der Waals surface area contributed by atoms with E-state index in [-0.39, 0.29) is 0 Å². The van der Waals surface area contributed by atoms with Crippen LogP contribution in [-0.4, -0.2) is 22.6 Å². The minimum absolute atomic E-state index is 0.585. The number of nitrogens with zero attached hydrogens (tertiary/aromatic N) is 2. The minimum atomic E-state index is 0.585. The van der Waals surface area contributed by atoms with Crippen molar-refractivity contribution in [1.82, 2.24) is 9.38 Å². The van der Waals surface area contributed by atoms with Crippen molar-refractivity contribution in [3.63, 3.8) is 0 Å². The maximum Gasteiger partial charge on any atom is 0.114 e. The second kappa shape index (κ2) is 4.07. The summed E-state index contributed by atoms with van der Waals surface area (Å²) in [5, 5.41) is 0.726. The van der Waals surface area contributed by atoms with Gasteiger partial charge in [0.2, 0.25) is 0 Å². The molecule has 3 heterocycles. The highest BCUT2D eigenvalue weighted by atomic mass is 35.5. The second-order valence-electron chi connectivity index (χ2n) is 4.22. The molecule has 3 nitrogen and oxygen atoms in total. The highest BCUT2D eigenvalue weighted by molar-refractivity contribution is 6.29. The maximum atomic E-state index is 6.18. The highest BCUT2D eigenvalue weighted by Gasteiger charge is 2.18. The predicted molar refractivity (Wildman–Crippen MR) is 62.8 cm³/mol. The van der Waals surface area contributed by atoms with E-state index < -0.39 is 0 Å². The van der Waals surface area contributed by atoms with Crippen LogP contribution < -0.4 is 0 Å². The van der Waals surface area contributed by atoms with Crippen molar-refractivity contribution in [3.05, 3.63) is 35.4 Å². The Bertz CT molecular complexity index is 503. The Morgan fingerprint density at radius 1 is 1.50 bits per heavy atom. The summed E-state index contributed by atoms with van der Waals surface area (Å²) in [6, 6.07) is 5.86. The molecule has 3 rings (SSSR count). The van der Waals surface area contributed by atoms with Gasteiger partial charge in [0.05, 0.1) is 11.7 Å². The summed E-state index contributed by atoms with van der Waals surface area (Å²) in [5.74, 6) is 1.62. The summed E-state index contributed by atoms with van der Waals surface area (Å²) in [4.78, 5) is 4.44. The topological polar surface area (TPSA) is 26.5 Å². The van der Waals surface area contributed by atoms with Crippen LogP contribution in [0.25, 0.3) is 5.52 Å². The molecule has 0 aliphatic carbocycles. The van der Waals surface area contributed by atoms with Gasteiger partial charge in [-0.1, -0.05) is 17.7 Å². The molecule has 2 aromatic rings. The molecule has 1 fully saturated rings. The molecule has 1 unspecified atom stereocenters. The van der Waals surface area contributed by atoms with E-state index in [1.54, 1.807) is 0 Å². The molecule has 0 N–H and O–H groups in total. The van der Waals surface area contributed by atoms with E-state index in [0.717, 1.165) is 42.5 Å². The van der Waals surface area contributed by atoms with Gasteiger partial charge in [0.15, 0.2) is 0 Å². The van der Waals surface area contributed by atoms with Crippen LogP contribution in [0.3, 0.4) is 0 Å². The Labute approximate surface area is 99.0 Å². The molecule has 0 saturated carbocycles. The van der Waals surface area contributed by atoms with Crippen LogP contribution >= 0.6 is 11.6 Å². The highest BCUT2D eigenvalue weighted by Crippen LogP contribution is 2.21. The van der Waals surface area contributed by atoms with Gasteiger partial charge < -0.3 is 4.74 Å². The Balaban J connectivity index is 1.97. The van der Waals surface area contributed by atoms with Gasteiger partial charge in [0.1, 0.15) is 11.0 Å². The molecular weight excluding hydrogens is 224 g/mol. The Morgan fingerprint density at radius 3 is 3.25 bits per heavy atom. The van der Waals surface area contributed by atoms with E-state index in [1.165, 1.54) is 0 Å². The van der Waals surface area contributed by atoms with Crippen LogP contribution in [-0.2, 0) is 11.2 Å². The summed E-state index contributed by atoms with van der Waals surface area (Å²) in [6.45, 7) is 1.72. The number of imidazole rings is 1. The van der Waals surface area contributed by atoms with E-state index in [0.29, 0.717) is 5.92 Å². The van der Waals surface area contributed by atoms with Crippen molar-refractivity contribution < 1.29 is 4.74 Å². The molecule has 0 aromatic carbocycles. The smallest absolute Gasteiger partial charge is 0.114 e. The third kappa shape index (κ3) is 1.70. The monoisotopic (exact) mass is 236 g/mol. The molecule has 84 valence electrons. The van der Waals surface area contributed by atoms with E-state index in [4.69, 9.17) is 16.3 Å². The number of pyridine rings is 1. The van der Waals surface area contributed by atoms with Gasteiger partial charge in [-0.3, -0.25) is 4.40 Å². The van der Waals surface area contributed by atoms with E-state index in [9.17, 15) is 0 Å². The van der Waals surface area contributed by atoms with Gasteiger partial charge in [0.25, 0.3) is 0 Å². The van der Waals surface area contributed by atoms with Gasteiger partial charge in [-0.2, -0.15) is 0 Å². The number of hydrogen-bond acceptors (Lipinski definition) is 2. The quantitative estimate of drug-likeness (QED) is 0.750. The zero-order chi connectivity index (χ0) is 11.0.